The Bertz CT molecular complexity index is 1350. The van der Waals surface area contributed by atoms with Crippen molar-refractivity contribution in [3.05, 3.63) is 60.7 Å². The number of pyridine rings is 2. The highest BCUT2D eigenvalue weighted by Gasteiger charge is 2.16. The number of urea groups is 1. The van der Waals surface area contributed by atoms with Crippen molar-refractivity contribution < 1.29 is 9.59 Å². The summed E-state index contributed by atoms with van der Waals surface area (Å²) < 4.78 is 0. The van der Waals surface area contributed by atoms with Gasteiger partial charge in [-0.2, -0.15) is 5.10 Å². The van der Waals surface area contributed by atoms with E-state index in [9.17, 15) is 9.59 Å². The molecule has 3 heterocycles. The average Bonchev–Trinajstić information content (AvgIpc) is 3.28. The number of aromatic nitrogens is 4. The fourth-order valence-corrected chi connectivity index (χ4v) is 3.59. The summed E-state index contributed by atoms with van der Waals surface area (Å²) >= 11 is 0. The van der Waals surface area contributed by atoms with Gasteiger partial charge in [0.05, 0.1) is 29.3 Å². The zero-order valence-corrected chi connectivity index (χ0v) is 20.2. The zero-order valence-electron chi connectivity index (χ0n) is 20.2. The number of hydrogen-bond donors (Lipinski definition) is 3. The van der Waals surface area contributed by atoms with Gasteiger partial charge in [0, 0.05) is 44.8 Å². The fraction of sp³-hybridized carbons (Fsp3) is 0.240. The number of nitrogens with one attached hydrogen (secondary N) is 3. The Labute approximate surface area is 203 Å². The van der Waals surface area contributed by atoms with E-state index >= 15 is 0 Å². The maximum Gasteiger partial charge on any atom is 0.321 e. The molecule has 4 aromatic rings. The number of hydrogen-bond acceptors (Lipinski definition) is 6. The molecule has 0 aliphatic heterocycles. The van der Waals surface area contributed by atoms with Crippen molar-refractivity contribution in [3.8, 4) is 11.1 Å². The van der Waals surface area contributed by atoms with Crippen molar-refractivity contribution in [2.75, 3.05) is 43.2 Å². The first-order chi connectivity index (χ1) is 16.9. The molecule has 3 aromatic heterocycles. The molecule has 10 heteroatoms. The minimum atomic E-state index is -0.338. The second kappa shape index (κ2) is 10.2. The molecule has 1 aromatic carbocycles. The van der Waals surface area contributed by atoms with Crippen LogP contribution in [0.4, 0.5) is 22.0 Å². The first kappa shape index (κ1) is 23.7. The molecule has 0 spiro atoms. The van der Waals surface area contributed by atoms with Crippen LogP contribution in [0.1, 0.15) is 23.8 Å². The van der Waals surface area contributed by atoms with E-state index in [0.717, 1.165) is 35.4 Å². The summed E-state index contributed by atoms with van der Waals surface area (Å²) in [6.07, 6.45) is 5.95. The molecule has 0 fully saturated rings. The third-order valence-electron chi connectivity index (χ3n) is 5.46. The normalized spacial score (nSPS) is 10.7. The molecule has 0 atom stereocenters. The Kier molecular flexibility index (Phi) is 6.91. The minimum Gasteiger partial charge on any atom is -0.360 e. The monoisotopic (exact) mass is 472 g/mol. The fourth-order valence-electron chi connectivity index (χ4n) is 3.59. The predicted molar refractivity (Wildman–Crippen MR) is 138 cm³/mol. The summed E-state index contributed by atoms with van der Waals surface area (Å²) in [5, 5.41) is 13.5. The predicted octanol–water partition coefficient (Wildman–Crippen LogP) is 4.21. The number of carbonyl (C=O) groups is 2. The Balaban J connectivity index is 1.56. The quantitative estimate of drug-likeness (QED) is 0.371. The second-order valence-corrected chi connectivity index (χ2v) is 8.40. The number of aromatic amines is 1. The van der Waals surface area contributed by atoms with Crippen LogP contribution in [0, 0.1) is 0 Å². The van der Waals surface area contributed by atoms with E-state index in [1.807, 2.05) is 43.4 Å². The van der Waals surface area contributed by atoms with Crippen LogP contribution in [-0.4, -0.2) is 64.7 Å². The maximum atomic E-state index is 13.0. The highest BCUT2D eigenvalue weighted by atomic mass is 16.2. The molecule has 10 nitrogen and oxygen atoms in total. The lowest BCUT2D eigenvalue weighted by molar-refractivity contribution is 0.102. The topological polar surface area (TPSA) is 119 Å². The molecule has 0 aliphatic carbocycles. The summed E-state index contributed by atoms with van der Waals surface area (Å²) in [5.74, 6) is 0.507. The summed E-state index contributed by atoms with van der Waals surface area (Å²) in [6, 6.07) is 10.9. The van der Waals surface area contributed by atoms with Gasteiger partial charge in [-0.15, -0.1) is 0 Å². The SMILES string of the molecule is CCCN(C)c1ccc(NC(=O)c2n[nH]c3ccc(-c4cncc(NC(=O)N(C)C)c4)cc23)cn1. The van der Waals surface area contributed by atoms with Gasteiger partial charge in [0.1, 0.15) is 5.82 Å². The summed E-state index contributed by atoms with van der Waals surface area (Å²) in [4.78, 5) is 37.2. The zero-order chi connectivity index (χ0) is 24.9. The van der Waals surface area contributed by atoms with Gasteiger partial charge in [-0.05, 0) is 42.3 Å². The molecule has 35 heavy (non-hydrogen) atoms. The first-order valence-corrected chi connectivity index (χ1v) is 11.3. The average molecular weight is 473 g/mol. The van der Waals surface area contributed by atoms with Gasteiger partial charge >= 0.3 is 6.03 Å². The molecule has 0 unspecified atom stereocenters. The van der Waals surface area contributed by atoms with E-state index in [2.05, 4.69) is 42.6 Å². The standard InChI is InChI=1S/C25H28N8O2/c1-5-10-33(4)22-9-7-18(15-27-22)28-24(34)23-20-12-16(6-8-21(20)30-31-23)17-11-19(14-26-13-17)29-25(35)32(2)3/h6-9,11-15H,5,10H2,1-4H3,(H,28,34)(H,29,35)(H,30,31). The summed E-state index contributed by atoms with van der Waals surface area (Å²) in [5.41, 5.74) is 3.81. The molecule has 0 saturated carbocycles. The first-order valence-electron chi connectivity index (χ1n) is 11.3. The van der Waals surface area contributed by atoms with Gasteiger partial charge in [0.25, 0.3) is 5.91 Å². The Morgan fingerprint density at radius 1 is 0.943 bits per heavy atom. The number of rotatable bonds is 7. The molecule has 4 rings (SSSR count). The highest BCUT2D eigenvalue weighted by Crippen LogP contribution is 2.27. The second-order valence-electron chi connectivity index (χ2n) is 8.40. The van der Waals surface area contributed by atoms with Crippen molar-refractivity contribution in [3.63, 3.8) is 0 Å². The third kappa shape index (κ3) is 5.37. The van der Waals surface area contributed by atoms with E-state index in [1.165, 1.54) is 4.90 Å². The van der Waals surface area contributed by atoms with Crippen molar-refractivity contribution in [1.82, 2.24) is 25.1 Å². The minimum absolute atomic E-state index is 0.243. The number of fused-ring (bicyclic) bond motifs is 1. The van der Waals surface area contributed by atoms with E-state index in [4.69, 9.17) is 0 Å². The van der Waals surface area contributed by atoms with Crippen LogP contribution in [0.2, 0.25) is 0 Å². The smallest absolute Gasteiger partial charge is 0.321 e. The summed E-state index contributed by atoms with van der Waals surface area (Å²) in [7, 11) is 5.32. The summed E-state index contributed by atoms with van der Waals surface area (Å²) in [6.45, 7) is 3.02. The molecule has 3 amide bonds. The van der Waals surface area contributed by atoms with Crippen LogP contribution in [0.3, 0.4) is 0 Å². The Hall–Kier alpha value is -4.47. The third-order valence-corrected chi connectivity index (χ3v) is 5.46. The van der Waals surface area contributed by atoms with Crippen LogP contribution in [-0.2, 0) is 0 Å². The Morgan fingerprint density at radius 3 is 2.49 bits per heavy atom. The molecule has 0 saturated heterocycles. The molecular formula is C25H28N8O2. The Morgan fingerprint density at radius 2 is 1.77 bits per heavy atom. The van der Waals surface area contributed by atoms with Crippen LogP contribution >= 0.6 is 0 Å². The van der Waals surface area contributed by atoms with Gasteiger partial charge < -0.3 is 20.4 Å². The molecular weight excluding hydrogens is 444 g/mol. The molecule has 0 radical (unpaired) electrons. The van der Waals surface area contributed by atoms with Gasteiger partial charge in [0.15, 0.2) is 5.69 Å². The molecule has 0 aliphatic rings. The lowest BCUT2D eigenvalue weighted by Gasteiger charge is -2.17. The van der Waals surface area contributed by atoms with Crippen LogP contribution in [0.5, 0.6) is 0 Å². The van der Waals surface area contributed by atoms with E-state index < -0.39 is 0 Å². The van der Waals surface area contributed by atoms with Crippen molar-refractivity contribution in [2.24, 2.45) is 0 Å². The van der Waals surface area contributed by atoms with Gasteiger partial charge in [0.2, 0.25) is 0 Å². The number of benzene rings is 1. The van der Waals surface area contributed by atoms with Crippen LogP contribution < -0.4 is 15.5 Å². The lowest BCUT2D eigenvalue weighted by Crippen LogP contribution is -2.27. The van der Waals surface area contributed by atoms with Gasteiger partial charge in [-0.25, -0.2) is 9.78 Å². The number of H-pyrrole nitrogens is 1. The van der Waals surface area contributed by atoms with E-state index in [1.54, 1.807) is 32.7 Å². The number of nitrogens with zero attached hydrogens (tertiary/aromatic N) is 5. The van der Waals surface area contributed by atoms with Crippen LogP contribution in [0.15, 0.2) is 55.0 Å². The maximum absolute atomic E-state index is 13.0. The van der Waals surface area contributed by atoms with Gasteiger partial charge in [-0.1, -0.05) is 13.0 Å². The molecule has 3 N–H and O–H groups in total. The molecule has 180 valence electrons. The van der Waals surface area contributed by atoms with E-state index in [0.29, 0.717) is 16.8 Å². The molecule has 0 bridgehead atoms. The van der Waals surface area contributed by atoms with Crippen molar-refractivity contribution in [2.45, 2.75) is 13.3 Å². The highest BCUT2D eigenvalue weighted by molar-refractivity contribution is 6.11. The number of carbonyl (C=O) groups excluding carboxylic acids is 2. The largest absolute Gasteiger partial charge is 0.360 e. The number of anilines is 3. The van der Waals surface area contributed by atoms with Crippen LogP contribution in [0.25, 0.3) is 22.0 Å². The van der Waals surface area contributed by atoms with E-state index in [-0.39, 0.29) is 17.6 Å². The number of amides is 3. The van der Waals surface area contributed by atoms with Crippen molar-refractivity contribution >= 4 is 40.0 Å². The lowest BCUT2D eigenvalue weighted by atomic mass is 10.0. The van der Waals surface area contributed by atoms with Crippen molar-refractivity contribution in [1.29, 1.82) is 0 Å². The van der Waals surface area contributed by atoms with Gasteiger partial charge in [-0.3, -0.25) is 14.9 Å².